The first-order valence-corrected chi connectivity index (χ1v) is 15.0. The van der Waals surface area contributed by atoms with E-state index in [9.17, 15) is 14.4 Å². The predicted octanol–water partition coefficient (Wildman–Crippen LogP) is 10.8. The Morgan fingerprint density at radius 2 is 1.16 bits per heavy atom. The highest BCUT2D eigenvalue weighted by Gasteiger charge is 2.07. The van der Waals surface area contributed by atoms with Gasteiger partial charge in [0.15, 0.2) is 17.3 Å². The minimum absolute atomic E-state index is 0.0322. The van der Waals surface area contributed by atoms with E-state index in [1.54, 1.807) is 60.7 Å². The Labute approximate surface area is 260 Å². The molecule has 0 unspecified atom stereocenters. The van der Waals surface area contributed by atoms with Crippen molar-refractivity contribution in [2.45, 2.75) is 60.8 Å². The van der Waals surface area contributed by atoms with Crippen molar-refractivity contribution in [3.63, 3.8) is 0 Å². The monoisotopic (exact) mass is 576 g/mol. The van der Waals surface area contributed by atoms with Crippen molar-refractivity contribution >= 4 is 17.3 Å². The van der Waals surface area contributed by atoms with Gasteiger partial charge in [0.2, 0.25) is 0 Å². The number of benzene rings is 2. The van der Waals surface area contributed by atoms with Gasteiger partial charge < -0.3 is 0 Å². The average Bonchev–Trinajstić information content (AvgIpc) is 3.27. The van der Waals surface area contributed by atoms with Crippen LogP contribution in [0.4, 0.5) is 0 Å². The molecule has 3 heteroatoms. The van der Waals surface area contributed by atoms with E-state index >= 15 is 0 Å². The smallest absolute Gasteiger partial charge is 0.185 e. The summed E-state index contributed by atoms with van der Waals surface area (Å²) >= 11 is 0. The van der Waals surface area contributed by atoms with Crippen molar-refractivity contribution < 1.29 is 14.4 Å². The number of hydrogen-bond donors (Lipinski definition) is 0. The molecule has 0 spiro atoms. The van der Waals surface area contributed by atoms with Gasteiger partial charge in [-0.2, -0.15) is 0 Å². The summed E-state index contributed by atoms with van der Waals surface area (Å²) in [7, 11) is 0. The number of ketones is 3. The molecular formula is C40H48O3. The van der Waals surface area contributed by atoms with E-state index in [0.717, 1.165) is 22.3 Å². The van der Waals surface area contributed by atoms with E-state index in [1.165, 1.54) is 6.42 Å². The summed E-state index contributed by atoms with van der Waals surface area (Å²) in [5.74, 6) is -0.186. The van der Waals surface area contributed by atoms with E-state index in [0.29, 0.717) is 24.0 Å². The average molecular weight is 577 g/mol. The third-order valence-corrected chi connectivity index (χ3v) is 5.72. The summed E-state index contributed by atoms with van der Waals surface area (Å²) in [6.07, 6.45) is 20.3. The second-order valence-corrected chi connectivity index (χ2v) is 8.97. The lowest BCUT2D eigenvalue weighted by atomic mass is 10.0. The fourth-order valence-electron chi connectivity index (χ4n) is 3.68. The van der Waals surface area contributed by atoms with Gasteiger partial charge in [0, 0.05) is 11.1 Å². The van der Waals surface area contributed by atoms with Gasteiger partial charge in [-0.3, -0.25) is 14.4 Å². The molecule has 0 atom stereocenters. The molecule has 0 radical (unpaired) electrons. The summed E-state index contributed by atoms with van der Waals surface area (Å²) in [6, 6.07) is 18.2. The van der Waals surface area contributed by atoms with Crippen LogP contribution in [0.1, 0.15) is 81.5 Å². The fraction of sp³-hybridized carbons (Fsp3) is 0.225. The molecule has 2 aromatic rings. The Hall–Kier alpha value is -4.63. The Balaban J connectivity index is 0.00000232. The van der Waals surface area contributed by atoms with Crippen molar-refractivity contribution in [1.29, 1.82) is 0 Å². The second-order valence-electron chi connectivity index (χ2n) is 8.97. The van der Waals surface area contributed by atoms with Gasteiger partial charge >= 0.3 is 0 Å². The van der Waals surface area contributed by atoms with Crippen molar-refractivity contribution in [1.82, 2.24) is 0 Å². The van der Waals surface area contributed by atoms with Crippen LogP contribution in [0, 0.1) is 0 Å². The first kappa shape index (κ1) is 38.4. The van der Waals surface area contributed by atoms with Gasteiger partial charge in [0.1, 0.15) is 0 Å². The molecule has 0 saturated heterocycles. The van der Waals surface area contributed by atoms with E-state index in [4.69, 9.17) is 0 Å². The maximum Gasteiger partial charge on any atom is 0.185 e. The summed E-state index contributed by atoms with van der Waals surface area (Å²) in [6.45, 7) is 18.1. The van der Waals surface area contributed by atoms with Crippen molar-refractivity contribution in [3.05, 3.63) is 168 Å². The zero-order chi connectivity index (χ0) is 32.5. The summed E-state index contributed by atoms with van der Waals surface area (Å²) < 4.78 is 0. The molecule has 0 saturated carbocycles. The summed E-state index contributed by atoms with van der Waals surface area (Å²) in [4.78, 5) is 37.6. The molecule has 2 aromatic carbocycles. The zero-order valence-corrected chi connectivity index (χ0v) is 26.8. The second kappa shape index (κ2) is 24.0. The van der Waals surface area contributed by atoms with Crippen LogP contribution in [0.15, 0.2) is 157 Å². The lowest BCUT2D eigenvalue weighted by Crippen LogP contribution is -1.96. The zero-order valence-electron chi connectivity index (χ0n) is 26.8. The molecule has 3 rings (SSSR count). The van der Waals surface area contributed by atoms with Crippen LogP contribution in [-0.4, -0.2) is 17.3 Å². The van der Waals surface area contributed by atoms with Gasteiger partial charge in [-0.05, 0) is 66.4 Å². The molecule has 0 amide bonds. The number of rotatable bonds is 10. The molecule has 1 aliphatic carbocycles. The van der Waals surface area contributed by atoms with Crippen molar-refractivity contribution in [2.75, 3.05) is 0 Å². The maximum atomic E-state index is 12.5. The van der Waals surface area contributed by atoms with Crippen LogP contribution in [-0.2, 0) is 4.79 Å². The minimum Gasteiger partial charge on any atom is -0.290 e. The van der Waals surface area contributed by atoms with Crippen LogP contribution < -0.4 is 0 Å². The maximum absolute atomic E-state index is 12.5. The van der Waals surface area contributed by atoms with Crippen LogP contribution in [0.5, 0.6) is 0 Å². The Morgan fingerprint density at radius 1 is 0.698 bits per heavy atom. The number of hydrogen-bond acceptors (Lipinski definition) is 3. The van der Waals surface area contributed by atoms with Gasteiger partial charge in [-0.15, -0.1) is 13.2 Å². The Bertz CT molecular complexity index is 1340. The fourth-order valence-corrected chi connectivity index (χ4v) is 3.68. The number of carbonyl (C=O) groups excluding carboxylic acids is 3. The van der Waals surface area contributed by atoms with Crippen molar-refractivity contribution in [3.8, 4) is 0 Å². The highest BCUT2D eigenvalue weighted by atomic mass is 16.1. The van der Waals surface area contributed by atoms with Crippen LogP contribution >= 0.6 is 0 Å². The largest absolute Gasteiger partial charge is 0.290 e. The first-order chi connectivity index (χ1) is 20.9. The van der Waals surface area contributed by atoms with Crippen molar-refractivity contribution in [2.24, 2.45) is 0 Å². The van der Waals surface area contributed by atoms with Crippen LogP contribution in [0.25, 0.3) is 0 Å². The minimum atomic E-state index is -0.0800. The van der Waals surface area contributed by atoms with E-state index in [2.05, 4.69) is 27.0 Å². The molecule has 226 valence electrons. The quantitative estimate of drug-likeness (QED) is 0.161. The normalized spacial score (nSPS) is 12.8. The topological polar surface area (TPSA) is 51.2 Å². The molecule has 1 aliphatic rings. The van der Waals surface area contributed by atoms with Gasteiger partial charge in [-0.1, -0.05) is 138 Å². The van der Waals surface area contributed by atoms with Gasteiger partial charge in [0.25, 0.3) is 0 Å². The Morgan fingerprint density at radius 3 is 1.63 bits per heavy atom. The summed E-state index contributed by atoms with van der Waals surface area (Å²) in [5.41, 5.74) is 4.58. The molecule has 0 N–H and O–H groups in total. The highest BCUT2D eigenvalue weighted by molar-refractivity contribution is 6.05. The van der Waals surface area contributed by atoms with E-state index in [1.807, 2.05) is 88.4 Å². The third kappa shape index (κ3) is 15.2. The van der Waals surface area contributed by atoms with Gasteiger partial charge in [-0.25, -0.2) is 0 Å². The SMILES string of the molecule is C/C=C(\CC)C(=O)/C=C/C1=CC(/C=C/C(=O)c2ccccc2)=CCC(/C=C/C(=O)c2ccccc2)=C1.C=C.CC.CCC. The van der Waals surface area contributed by atoms with Crippen LogP contribution in [0.2, 0.25) is 0 Å². The third-order valence-electron chi connectivity index (χ3n) is 5.72. The predicted molar refractivity (Wildman–Crippen MR) is 185 cm³/mol. The van der Waals surface area contributed by atoms with Gasteiger partial charge in [0.05, 0.1) is 0 Å². The first-order valence-electron chi connectivity index (χ1n) is 15.0. The molecule has 43 heavy (non-hydrogen) atoms. The molecular weight excluding hydrogens is 528 g/mol. The van der Waals surface area contributed by atoms with E-state index < -0.39 is 0 Å². The summed E-state index contributed by atoms with van der Waals surface area (Å²) in [5, 5.41) is 0. The van der Waals surface area contributed by atoms with E-state index in [-0.39, 0.29) is 17.3 Å². The Kier molecular flexibility index (Phi) is 21.4. The molecule has 0 bridgehead atoms. The molecule has 0 aromatic heterocycles. The lowest BCUT2D eigenvalue weighted by Gasteiger charge is -2.00. The van der Waals surface area contributed by atoms with Crippen LogP contribution in [0.3, 0.4) is 0 Å². The standard InChI is InChI=1S/C33H30O3.C3H8.C2H6.C2H4/c1-3-28(4-2)31(34)22-19-27-23-25(17-20-32(35)29-11-7-5-8-12-29)15-16-26(24-27)18-21-33(36)30-13-9-6-10-14-30;1-3-2;2*1-2/h3,5-15,17-24H,4,16H2,1-2H3;3H2,1-2H3;1-2H3;1-2H2/b20-17+,21-18+,22-19+,28-3+;;;. The number of allylic oxidation sites excluding steroid dienone is 14. The lowest BCUT2D eigenvalue weighted by molar-refractivity contribution is -0.111. The molecule has 0 aliphatic heterocycles. The molecule has 3 nitrogen and oxygen atoms in total. The number of carbonyl (C=O) groups is 3. The molecule has 0 fully saturated rings. The molecule has 0 heterocycles. The highest BCUT2D eigenvalue weighted by Crippen LogP contribution is 2.21.